The quantitative estimate of drug-likeness (QED) is 0.516. The van der Waals surface area contributed by atoms with Gasteiger partial charge in [-0.15, -0.1) is 0 Å². The summed E-state index contributed by atoms with van der Waals surface area (Å²) in [6, 6.07) is 0. The maximum atomic E-state index is 11.4. The van der Waals surface area contributed by atoms with Crippen molar-refractivity contribution in [2.24, 2.45) is 17.6 Å². The van der Waals surface area contributed by atoms with Gasteiger partial charge in [-0.25, -0.2) is 0 Å². The lowest BCUT2D eigenvalue weighted by Gasteiger charge is -2.16. The van der Waals surface area contributed by atoms with Crippen LogP contribution in [-0.4, -0.2) is 40.9 Å². The number of carboxylic acids is 1. The molecule has 0 bridgehead atoms. The van der Waals surface area contributed by atoms with Gasteiger partial charge in [-0.3, -0.25) is 14.4 Å². The molecule has 4 N–H and O–H groups in total. The summed E-state index contributed by atoms with van der Waals surface area (Å²) in [7, 11) is 0. The number of hydrogen-bond donors (Lipinski definition) is 3. The molecule has 0 spiro atoms. The largest absolute Gasteiger partial charge is 0.481 e. The number of primary amides is 1. The molecule has 0 rings (SSSR count). The Morgan fingerprint density at radius 1 is 1.33 bits per heavy atom. The third-order valence-electron chi connectivity index (χ3n) is 2.36. The Balaban J connectivity index is 3.81. The van der Waals surface area contributed by atoms with Crippen molar-refractivity contribution in [2.45, 2.75) is 20.3 Å². The normalized spacial score (nSPS) is 12.2. The minimum atomic E-state index is -0.909. The van der Waals surface area contributed by atoms with Gasteiger partial charge in [0.05, 0.1) is 11.7 Å². The summed E-state index contributed by atoms with van der Waals surface area (Å²) in [6.07, 6.45) is 0.252. The predicted octanol–water partition coefficient (Wildman–Crippen LogP) is 0.0680. The Morgan fingerprint density at radius 2 is 1.94 bits per heavy atom. The number of rotatable bonds is 9. The molecule has 0 saturated carbocycles. The molecular formula is C11H20N2O4S. The average Bonchev–Trinajstić information content (AvgIpc) is 2.23. The second kappa shape index (κ2) is 8.79. The lowest BCUT2D eigenvalue weighted by atomic mass is 9.96. The molecule has 0 aromatic carbocycles. The highest BCUT2D eigenvalue weighted by atomic mass is 32.2. The van der Waals surface area contributed by atoms with E-state index in [2.05, 4.69) is 5.32 Å². The van der Waals surface area contributed by atoms with Crippen LogP contribution < -0.4 is 11.1 Å². The van der Waals surface area contributed by atoms with Gasteiger partial charge in [-0.2, -0.15) is 11.8 Å². The zero-order valence-corrected chi connectivity index (χ0v) is 11.5. The second-order valence-corrected chi connectivity index (χ2v) is 5.37. The Morgan fingerprint density at radius 3 is 2.39 bits per heavy atom. The van der Waals surface area contributed by atoms with E-state index in [9.17, 15) is 14.4 Å². The van der Waals surface area contributed by atoms with E-state index in [0.29, 0.717) is 5.75 Å². The molecule has 1 atom stereocenters. The topological polar surface area (TPSA) is 109 Å². The molecule has 6 nitrogen and oxygen atoms in total. The number of aliphatic carboxylic acids is 1. The van der Waals surface area contributed by atoms with E-state index in [4.69, 9.17) is 10.8 Å². The number of carbonyl (C=O) groups excluding carboxylic acids is 2. The van der Waals surface area contributed by atoms with Crippen LogP contribution in [0.1, 0.15) is 20.3 Å². The van der Waals surface area contributed by atoms with Crippen molar-refractivity contribution in [1.82, 2.24) is 5.32 Å². The van der Waals surface area contributed by atoms with Gasteiger partial charge in [-0.1, -0.05) is 13.8 Å². The van der Waals surface area contributed by atoms with Crippen LogP contribution in [0.15, 0.2) is 0 Å². The van der Waals surface area contributed by atoms with Crippen LogP contribution in [0, 0.1) is 11.8 Å². The minimum Gasteiger partial charge on any atom is -0.481 e. The lowest BCUT2D eigenvalue weighted by Crippen LogP contribution is -2.35. The molecule has 0 aliphatic carbocycles. The first-order valence-corrected chi connectivity index (χ1v) is 6.85. The number of hydrogen-bond acceptors (Lipinski definition) is 4. The number of carbonyl (C=O) groups is 3. The Bertz CT molecular complexity index is 307. The van der Waals surface area contributed by atoms with Crippen LogP contribution in [0.5, 0.6) is 0 Å². The summed E-state index contributed by atoms with van der Waals surface area (Å²) in [5.41, 5.74) is 4.95. The van der Waals surface area contributed by atoms with Gasteiger partial charge >= 0.3 is 5.97 Å². The Labute approximate surface area is 111 Å². The molecule has 7 heteroatoms. The molecule has 0 saturated heterocycles. The SMILES string of the molecule is CC(C)C(CNC(=O)CCSCC(N)=O)C(=O)O. The summed E-state index contributed by atoms with van der Waals surface area (Å²) in [5, 5.41) is 11.5. The molecule has 2 amide bonds. The van der Waals surface area contributed by atoms with Gasteiger partial charge in [0.1, 0.15) is 0 Å². The number of thioether (sulfide) groups is 1. The smallest absolute Gasteiger partial charge is 0.308 e. The molecule has 0 aromatic heterocycles. The van der Waals surface area contributed by atoms with Gasteiger partial charge in [-0.05, 0) is 5.92 Å². The highest BCUT2D eigenvalue weighted by Gasteiger charge is 2.21. The molecular weight excluding hydrogens is 256 g/mol. The molecule has 0 heterocycles. The van der Waals surface area contributed by atoms with Crippen molar-refractivity contribution in [2.75, 3.05) is 18.1 Å². The summed E-state index contributed by atoms with van der Waals surface area (Å²) >= 11 is 1.28. The van der Waals surface area contributed by atoms with Gasteiger partial charge in [0.25, 0.3) is 0 Å². The van der Waals surface area contributed by atoms with Crippen molar-refractivity contribution >= 4 is 29.5 Å². The van der Waals surface area contributed by atoms with E-state index in [1.54, 1.807) is 13.8 Å². The molecule has 0 aliphatic rings. The van der Waals surface area contributed by atoms with Gasteiger partial charge in [0.2, 0.25) is 11.8 Å². The first-order chi connectivity index (χ1) is 8.34. The van der Waals surface area contributed by atoms with Crippen LogP contribution in [0.25, 0.3) is 0 Å². The third kappa shape index (κ3) is 7.94. The van der Waals surface area contributed by atoms with E-state index < -0.39 is 17.8 Å². The molecule has 0 aromatic rings. The van der Waals surface area contributed by atoms with Crippen LogP contribution in [0.3, 0.4) is 0 Å². The van der Waals surface area contributed by atoms with Gasteiger partial charge < -0.3 is 16.2 Å². The zero-order chi connectivity index (χ0) is 14.1. The van der Waals surface area contributed by atoms with Crippen molar-refractivity contribution < 1.29 is 19.5 Å². The van der Waals surface area contributed by atoms with Crippen molar-refractivity contribution in [3.8, 4) is 0 Å². The molecule has 1 unspecified atom stereocenters. The fourth-order valence-corrected chi connectivity index (χ4v) is 1.93. The van der Waals surface area contributed by atoms with Crippen LogP contribution in [0.4, 0.5) is 0 Å². The summed E-state index contributed by atoms with van der Waals surface area (Å²) in [6.45, 7) is 3.73. The first-order valence-electron chi connectivity index (χ1n) is 5.70. The number of nitrogens with two attached hydrogens (primary N) is 1. The Hall–Kier alpha value is -1.24. The monoisotopic (exact) mass is 276 g/mol. The van der Waals surface area contributed by atoms with E-state index in [0.717, 1.165) is 0 Å². The van der Waals surface area contributed by atoms with Crippen LogP contribution >= 0.6 is 11.8 Å². The fourth-order valence-electron chi connectivity index (χ4n) is 1.26. The van der Waals surface area contributed by atoms with Crippen molar-refractivity contribution in [3.05, 3.63) is 0 Å². The average molecular weight is 276 g/mol. The fraction of sp³-hybridized carbons (Fsp3) is 0.727. The maximum Gasteiger partial charge on any atom is 0.308 e. The summed E-state index contributed by atoms with van der Waals surface area (Å²) < 4.78 is 0. The van der Waals surface area contributed by atoms with Gasteiger partial charge in [0, 0.05) is 18.7 Å². The highest BCUT2D eigenvalue weighted by Crippen LogP contribution is 2.09. The highest BCUT2D eigenvalue weighted by molar-refractivity contribution is 7.99. The zero-order valence-electron chi connectivity index (χ0n) is 10.6. The standard InChI is InChI=1S/C11H20N2O4S/c1-7(2)8(11(16)17)5-13-10(15)3-4-18-6-9(12)14/h7-8H,3-6H2,1-2H3,(H2,12,14)(H,13,15)(H,16,17). The number of carboxylic acid groups (broad SMARTS) is 1. The Kier molecular flexibility index (Phi) is 8.19. The summed E-state index contributed by atoms with van der Waals surface area (Å²) in [5.74, 6) is -1.46. The second-order valence-electron chi connectivity index (χ2n) is 4.26. The van der Waals surface area contributed by atoms with E-state index in [-0.39, 0.29) is 30.5 Å². The molecule has 0 fully saturated rings. The van der Waals surface area contributed by atoms with Crippen LogP contribution in [-0.2, 0) is 14.4 Å². The summed E-state index contributed by atoms with van der Waals surface area (Å²) in [4.78, 5) is 32.7. The third-order valence-corrected chi connectivity index (χ3v) is 3.34. The van der Waals surface area contributed by atoms with E-state index in [1.807, 2.05) is 0 Å². The molecule has 0 aliphatic heterocycles. The van der Waals surface area contributed by atoms with Crippen LogP contribution in [0.2, 0.25) is 0 Å². The van der Waals surface area contributed by atoms with Gasteiger partial charge in [0.15, 0.2) is 0 Å². The number of amides is 2. The first kappa shape index (κ1) is 16.8. The van der Waals surface area contributed by atoms with Crippen molar-refractivity contribution in [1.29, 1.82) is 0 Å². The van der Waals surface area contributed by atoms with E-state index >= 15 is 0 Å². The number of nitrogens with one attached hydrogen (secondary N) is 1. The molecule has 18 heavy (non-hydrogen) atoms. The lowest BCUT2D eigenvalue weighted by molar-refractivity contribution is -0.143. The maximum absolute atomic E-state index is 11.4. The minimum absolute atomic E-state index is 0.0352. The predicted molar refractivity (Wildman–Crippen MR) is 70.1 cm³/mol. The van der Waals surface area contributed by atoms with Crippen molar-refractivity contribution in [3.63, 3.8) is 0 Å². The molecule has 0 radical (unpaired) electrons. The molecule has 104 valence electrons. The van der Waals surface area contributed by atoms with E-state index in [1.165, 1.54) is 11.8 Å².